The van der Waals surface area contributed by atoms with Gasteiger partial charge in [-0.15, -0.1) is 0 Å². The lowest BCUT2D eigenvalue weighted by Gasteiger charge is -2.39. The average Bonchev–Trinajstić information content (AvgIpc) is 3.56. The Bertz CT molecular complexity index is 1480. The maximum Gasteiger partial charge on any atom is 0.287 e. The smallest absolute Gasteiger partial charge is 0.287 e. The topological polar surface area (TPSA) is 114 Å². The number of nitriles is 1. The van der Waals surface area contributed by atoms with E-state index < -0.39 is 41.7 Å². The van der Waals surface area contributed by atoms with E-state index in [1.54, 1.807) is 12.1 Å². The van der Waals surface area contributed by atoms with E-state index in [0.29, 0.717) is 48.5 Å². The Morgan fingerprint density at radius 1 is 0.842 bits per heavy atom. The zero-order valence-electron chi connectivity index (χ0n) is 20.4. The summed E-state index contributed by atoms with van der Waals surface area (Å²) in [6.07, 6.45) is -0.588. The Morgan fingerprint density at radius 2 is 1.53 bits per heavy atom. The van der Waals surface area contributed by atoms with Crippen LogP contribution in [0.3, 0.4) is 0 Å². The van der Waals surface area contributed by atoms with Crippen molar-refractivity contribution in [1.82, 2.24) is 10.6 Å². The van der Waals surface area contributed by atoms with Crippen molar-refractivity contribution >= 4 is 22.8 Å². The van der Waals surface area contributed by atoms with Gasteiger partial charge in [0.25, 0.3) is 5.91 Å². The molecule has 8 nitrogen and oxygen atoms in total. The van der Waals surface area contributed by atoms with Crippen LogP contribution < -0.4 is 20.1 Å². The highest BCUT2D eigenvalue weighted by Gasteiger charge is 2.53. The molecule has 196 valence electrons. The van der Waals surface area contributed by atoms with Gasteiger partial charge in [-0.25, -0.2) is 8.78 Å². The van der Waals surface area contributed by atoms with Gasteiger partial charge in [-0.1, -0.05) is 18.2 Å². The molecule has 2 heterocycles. The van der Waals surface area contributed by atoms with Crippen LogP contribution in [0.1, 0.15) is 49.1 Å². The lowest BCUT2D eigenvalue weighted by Crippen LogP contribution is -2.62. The normalized spacial score (nSPS) is 20.2. The van der Waals surface area contributed by atoms with Crippen LogP contribution in [0.4, 0.5) is 8.78 Å². The molecule has 0 spiro atoms. The molecule has 2 aliphatic carbocycles. The average molecular weight is 522 g/mol. The number of furan rings is 1. The van der Waals surface area contributed by atoms with Crippen molar-refractivity contribution in [3.8, 4) is 28.7 Å². The van der Waals surface area contributed by atoms with Crippen LogP contribution >= 0.6 is 0 Å². The molecule has 1 aromatic heterocycles. The number of nitrogens with zero attached hydrogens (tertiary/aromatic N) is 1. The molecule has 6 rings (SSSR count). The molecule has 2 aromatic carbocycles. The van der Waals surface area contributed by atoms with Crippen molar-refractivity contribution < 1.29 is 32.3 Å². The number of hydrogen-bond acceptors (Lipinski definition) is 6. The first kappa shape index (κ1) is 24.2. The van der Waals surface area contributed by atoms with Crippen LogP contribution in [0.2, 0.25) is 0 Å². The molecule has 2 amide bonds. The van der Waals surface area contributed by atoms with E-state index in [-0.39, 0.29) is 18.6 Å². The van der Waals surface area contributed by atoms with E-state index in [2.05, 4.69) is 16.7 Å². The van der Waals surface area contributed by atoms with Gasteiger partial charge in [0.15, 0.2) is 17.3 Å². The predicted octanol–water partition coefficient (Wildman–Crippen LogP) is 4.72. The number of halogens is 2. The summed E-state index contributed by atoms with van der Waals surface area (Å²) in [5, 5.41) is 15.4. The maximum absolute atomic E-state index is 14.0. The lowest BCUT2D eigenvalue weighted by atomic mass is 9.78. The summed E-state index contributed by atoms with van der Waals surface area (Å²) < 4.78 is 45.0. The lowest BCUT2D eigenvalue weighted by molar-refractivity contribution is -0.133. The first-order chi connectivity index (χ1) is 18.2. The van der Waals surface area contributed by atoms with Crippen LogP contribution in [0.5, 0.6) is 11.5 Å². The summed E-state index contributed by atoms with van der Waals surface area (Å²) >= 11 is 0. The molecule has 0 saturated heterocycles. The fraction of sp³-hybridized carbons (Fsp3) is 0.393. The molecule has 3 aromatic rings. The highest BCUT2D eigenvalue weighted by Crippen LogP contribution is 2.41. The Hall–Kier alpha value is -4.13. The molecule has 2 saturated carbocycles. The minimum atomic E-state index is -2.91. The number of hydrogen-bond donors (Lipinski definition) is 2. The van der Waals surface area contributed by atoms with Crippen molar-refractivity contribution in [1.29, 1.82) is 5.26 Å². The van der Waals surface area contributed by atoms with Crippen LogP contribution in [0.25, 0.3) is 22.1 Å². The van der Waals surface area contributed by atoms with Gasteiger partial charge in [-0.3, -0.25) is 9.59 Å². The quantitative estimate of drug-likeness (QED) is 0.502. The number of carbonyl (C=O) groups is 2. The summed E-state index contributed by atoms with van der Waals surface area (Å²) in [5.74, 6) is -2.91. The zero-order valence-corrected chi connectivity index (χ0v) is 20.4. The number of carbonyl (C=O) groups excluding carboxylic acids is 2. The molecule has 0 unspecified atom stereocenters. The van der Waals surface area contributed by atoms with Crippen molar-refractivity contribution in [2.24, 2.45) is 0 Å². The molecule has 0 atom stereocenters. The predicted molar refractivity (Wildman–Crippen MR) is 132 cm³/mol. The van der Waals surface area contributed by atoms with Crippen LogP contribution in [0.15, 0.2) is 46.9 Å². The van der Waals surface area contributed by atoms with Crippen molar-refractivity contribution in [3.05, 3.63) is 48.2 Å². The molecular weight excluding hydrogens is 496 g/mol. The van der Waals surface area contributed by atoms with E-state index in [1.807, 2.05) is 30.3 Å². The second-order valence-electron chi connectivity index (χ2n) is 10.3. The number of alkyl halides is 2. The summed E-state index contributed by atoms with van der Waals surface area (Å²) in [4.78, 5) is 26.5. The van der Waals surface area contributed by atoms with Crippen LogP contribution in [-0.2, 0) is 4.79 Å². The van der Waals surface area contributed by atoms with Crippen molar-refractivity contribution in [3.63, 3.8) is 0 Å². The van der Waals surface area contributed by atoms with E-state index in [1.165, 1.54) is 0 Å². The minimum absolute atomic E-state index is 0.0368. The van der Waals surface area contributed by atoms with E-state index >= 15 is 0 Å². The fourth-order valence-electron chi connectivity index (χ4n) is 5.00. The van der Waals surface area contributed by atoms with Gasteiger partial charge in [-0.2, -0.15) is 5.26 Å². The second-order valence-corrected chi connectivity index (χ2v) is 10.3. The standard InChI is InChI=1S/C28H25F2N3O5/c29-28(30)9-7-27(8-10-28,25(35)33-26(16-31)5-6-26)32-24(34)23-15-19-2-1-17(13-21(19)38-23)18-3-4-20-22(14-18)37-12-11-36-20/h1-4,13-15H,5-12H2,(H,32,34)(H,33,35). The molecule has 38 heavy (non-hydrogen) atoms. The molecular formula is C28H25F2N3O5. The number of fused-ring (bicyclic) bond motifs is 2. The van der Waals surface area contributed by atoms with Crippen molar-refractivity contribution in [2.45, 2.75) is 55.5 Å². The third-order valence-electron chi connectivity index (χ3n) is 7.56. The first-order valence-electron chi connectivity index (χ1n) is 12.6. The summed E-state index contributed by atoms with van der Waals surface area (Å²) in [5.41, 5.74) is -0.368. The highest BCUT2D eigenvalue weighted by atomic mass is 19.3. The molecule has 3 aliphatic rings. The van der Waals surface area contributed by atoms with Crippen LogP contribution in [-0.4, -0.2) is 42.0 Å². The maximum atomic E-state index is 14.0. The summed E-state index contributed by atoms with van der Waals surface area (Å²) in [6.45, 7) is 0.973. The van der Waals surface area contributed by atoms with Gasteiger partial charge in [0, 0.05) is 18.2 Å². The Kier molecular flexibility index (Phi) is 5.56. The third kappa shape index (κ3) is 4.42. The number of rotatable bonds is 5. The molecule has 0 bridgehead atoms. The fourth-order valence-corrected chi connectivity index (χ4v) is 5.00. The summed E-state index contributed by atoms with van der Waals surface area (Å²) in [7, 11) is 0. The SMILES string of the molecule is N#CC1(NC(=O)C2(NC(=O)c3cc4ccc(-c5ccc6c(c5)OCCO6)cc4o3)CCC(F)(F)CC2)CC1. The highest BCUT2D eigenvalue weighted by molar-refractivity contribution is 6.01. The first-order valence-corrected chi connectivity index (χ1v) is 12.6. The zero-order chi connectivity index (χ0) is 26.5. The van der Waals surface area contributed by atoms with Gasteiger partial charge < -0.3 is 24.5 Å². The van der Waals surface area contributed by atoms with Gasteiger partial charge in [0.05, 0.1) is 6.07 Å². The summed E-state index contributed by atoms with van der Waals surface area (Å²) in [6, 6.07) is 14.7. The van der Waals surface area contributed by atoms with Gasteiger partial charge in [-0.05, 0) is 61.1 Å². The molecule has 2 N–H and O–H groups in total. The van der Waals surface area contributed by atoms with Gasteiger partial charge in [0.1, 0.15) is 29.9 Å². The molecule has 2 fully saturated rings. The Balaban J connectivity index is 1.25. The Labute approximate surface area is 216 Å². The third-order valence-corrected chi connectivity index (χ3v) is 7.56. The molecule has 10 heteroatoms. The van der Waals surface area contributed by atoms with Gasteiger partial charge in [0.2, 0.25) is 11.8 Å². The molecule has 1 aliphatic heterocycles. The van der Waals surface area contributed by atoms with E-state index in [9.17, 15) is 23.6 Å². The second kappa shape index (κ2) is 8.72. The number of ether oxygens (including phenoxy) is 2. The van der Waals surface area contributed by atoms with Crippen molar-refractivity contribution in [2.75, 3.05) is 13.2 Å². The van der Waals surface area contributed by atoms with E-state index in [0.717, 1.165) is 11.1 Å². The number of amides is 2. The molecule has 0 radical (unpaired) electrons. The monoisotopic (exact) mass is 521 g/mol. The minimum Gasteiger partial charge on any atom is -0.486 e. The van der Waals surface area contributed by atoms with E-state index in [4.69, 9.17) is 13.9 Å². The Morgan fingerprint density at radius 3 is 2.24 bits per heavy atom. The largest absolute Gasteiger partial charge is 0.486 e. The van der Waals surface area contributed by atoms with Gasteiger partial charge >= 0.3 is 0 Å². The number of benzene rings is 2. The number of nitrogens with one attached hydrogen (secondary N) is 2. The van der Waals surface area contributed by atoms with Crippen LogP contribution in [0, 0.1) is 11.3 Å².